The molecule has 1 aromatic carbocycles. The summed E-state index contributed by atoms with van der Waals surface area (Å²) in [4.78, 5) is 31.6. The molecule has 1 aromatic rings. The average molecular weight is 937 g/mol. The van der Waals surface area contributed by atoms with Crippen molar-refractivity contribution in [2.45, 2.75) is 204 Å². The molecule has 7 N–H and O–H groups in total. The number of aryl methyl sites for hydroxylation is 2. The molecule has 0 bridgehead atoms. The average Bonchev–Trinajstić information content (AvgIpc) is 3.72. The molecular weight excluding hydrogens is 853 g/mol. The summed E-state index contributed by atoms with van der Waals surface area (Å²) in [6.07, 6.45) is -5.99. The molecule has 3 heterocycles. The van der Waals surface area contributed by atoms with Gasteiger partial charge >= 0.3 is 12.0 Å². The first kappa shape index (κ1) is 54.4. The molecule has 3 aliphatic heterocycles. The number of likely N-dealkylation sites (N-methyl/N-ethyl adjacent to an activating group) is 1. The van der Waals surface area contributed by atoms with Crippen LogP contribution in [0, 0.1) is 17.8 Å². The van der Waals surface area contributed by atoms with Crippen molar-refractivity contribution in [1.29, 1.82) is 0 Å². The third kappa shape index (κ3) is 12.6. The van der Waals surface area contributed by atoms with Gasteiger partial charge in [-0.3, -0.25) is 9.69 Å². The zero-order valence-electron chi connectivity index (χ0n) is 41.9. The van der Waals surface area contributed by atoms with E-state index in [2.05, 4.69) is 16.7 Å². The standard InChI is InChI=1S/C49H84N4O13/c1-14-37-49(10,60)41(55)31(6)53(21-20-50-46(58)51-35-19-18-33-16-15-17-34(33)23-35)26-27(2)24-47(8,59)43(66-45-39(54)36(52(11)12)22-28(3)62-45)29(4)40(30(5)44(57)64-37)65-38-25-48(9,61-13)42(56)32(7)63-38/h18-19,23,27-32,36-43,45,54-56,59-60H,14-17,20-22,24-26H2,1-13H3,(H2,50,51,58)/t27-,28-,29-,30-,31-,32+,36+,37-,38-,39-,40-,41-,42+,43+,45+,47-,48-,49-/m1/s1. The third-order valence-electron chi connectivity index (χ3n) is 15.1. The van der Waals surface area contributed by atoms with E-state index in [1.54, 1.807) is 48.5 Å². The second kappa shape index (κ2) is 22.5. The molecule has 378 valence electrons. The fourth-order valence-electron chi connectivity index (χ4n) is 11.0. The van der Waals surface area contributed by atoms with Crippen molar-refractivity contribution >= 4 is 17.7 Å². The number of methoxy groups -OCH3 is 1. The molecule has 5 rings (SSSR count). The topological polar surface area (TPSA) is 221 Å². The largest absolute Gasteiger partial charge is 0.459 e. The van der Waals surface area contributed by atoms with E-state index in [9.17, 15) is 35.1 Å². The molecule has 0 aromatic heterocycles. The molecule has 66 heavy (non-hydrogen) atoms. The van der Waals surface area contributed by atoms with Gasteiger partial charge in [0.15, 0.2) is 12.6 Å². The van der Waals surface area contributed by atoms with Gasteiger partial charge in [-0.2, -0.15) is 0 Å². The summed E-state index contributed by atoms with van der Waals surface area (Å²) in [6, 6.07) is 4.54. The minimum Gasteiger partial charge on any atom is -0.459 e. The number of aliphatic hydroxyl groups is 5. The number of anilines is 1. The number of aliphatic hydroxyl groups excluding tert-OH is 3. The number of amides is 2. The van der Waals surface area contributed by atoms with Crippen molar-refractivity contribution in [1.82, 2.24) is 15.1 Å². The molecule has 3 saturated heterocycles. The first-order chi connectivity index (χ1) is 30.8. The van der Waals surface area contributed by atoms with Crippen molar-refractivity contribution in [2.75, 3.05) is 46.2 Å². The number of urea groups is 1. The highest BCUT2D eigenvalue weighted by Gasteiger charge is 2.53. The van der Waals surface area contributed by atoms with Gasteiger partial charge in [0.25, 0.3) is 0 Å². The molecule has 0 radical (unpaired) electrons. The number of hydrogen-bond acceptors (Lipinski definition) is 15. The summed E-state index contributed by atoms with van der Waals surface area (Å²) >= 11 is 0. The molecular formula is C49H84N4O13. The van der Waals surface area contributed by atoms with Crippen molar-refractivity contribution < 1.29 is 63.5 Å². The summed E-state index contributed by atoms with van der Waals surface area (Å²) in [7, 11) is 5.25. The summed E-state index contributed by atoms with van der Waals surface area (Å²) in [5.74, 6) is -2.92. The Morgan fingerprint density at radius 3 is 2.29 bits per heavy atom. The van der Waals surface area contributed by atoms with Gasteiger partial charge in [-0.1, -0.05) is 26.8 Å². The van der Waals surface area contributed by atoms with Crippen LogP contribution in [0.1, 0.15) is 112 Å². The molecule has 0 unspecified atom stereocenters. The van der Waals surface area contributed by atoms with Crippen LogP contribution in [-0.4, -0.2) is 178 Å². The number of fused-ring (bicyclic) bond motifs is 1. The van der Waals surface area contributed by atoms with Crippen LogP contribution < -0.4 is 10.6 Å². The molecule has 0 spiro atoms. The van der Waals surface area contributed by atoms with E-state index in [-0.39, 0.29) is 56.4 Å². The van der Waals surface area contributed by atoms with Crippen LogP contribution in [0.25, 0.3) is 0 Å². The van der Waals surface area contributed by atoms with Crippen LogP contribution in [0.3, 0.4) is 0 Å². The van der Waals surface area contributed by atoms with Gasteiger partial charge in [0, 0.05) is 56.9 Å². The Balaban J connectivity index is 1.50. The zero-order chi connectivity index (χ0) is 49.1. The number of ether oxygens (including phenoxy) is 6. The number of nitrogens with zero attached hydrogens (tertiary/aromatic N) is 2. The predicted molar refractivity (Wildman–Crippen MR) is 249 cm³/mol. The normalized spacial score (nSPS) is 42.2. The van der Waals surface area contributed by atoms with Crippen LogP contribution in [0.4, 0.5) is 10.5 Å². The maximum Gasteiger partial charge on any atom is 0.319 e. The predicted octanol–water partition coefficient (Wildman–Crippen LogP) is 3.58. The lowest BCUT2D eigenvalue weighted by Gasteiger charge is -2.48. The summed E-state index contributed by atoms with van der Waals surface area (Å²) in [5.41, 5.74) is -1.42. The number of cyclic esters (lactones) is 1. The summed E-state index contributed by atoms with van der Waals surface area (Å²) in [5, 5.41) is 65.8. The highest BCUT2D eigenvalue weighted by atomic mass is 16.7. The second-order valence-electron chi connectivity index (χ2n) is 20.9. The van der Waals surface area contributed by atoms with Gasteiger partial charge in [-0.05, 0) is 130 Å². The van der Waals surface area contributed by atoms with Crippen molar-refractivity contribution in [3.05, 3.63) is 29.3 Å². The number of carbonyl (C=O) groups is 2. The number of rotatable bonds is 11. The van der Waals surface area contributed by atoms with E-state index in [0.29, 0.717) is 18.7 Å². The van der Waals surface area contributed by atoms with E-state index < -0.39 is 96.0 Å². The van der Waals surface area contributed by atoms with Gasteiger partial charge in [-0.25, -0.2) is 4.79 Å². The summed E-state index contributed by atoms with van der Waals surface area (Å²) < 4.78 is 38.0. The first-order valence-corrected chi connectivity index (χ1v) is 24.3. The monoisotopic (exact) mass is 937 g/mol. The Labute approximate surface area is 393 Å². The minimum absolute atomic E-state index is 0.0994. The van der Waals surface area contributed by atoms with Crippen LogP contribution >= 0.6 is 0 Å². The lowest BCUT2D eigenvalue weighted by atomic mass is 9.77. The molecule has 4 aliphatic rings. The third-order valence-corrected chi connectivity index (χ3v) is 15.1. The number of esters is 1. The van der Waals surface area contributed by atoms with E-state index in [0.717, 1.165) is 19.3 Å². The lowest BCUT2D eigenvalue weighted by Crippen LogP contribution is -2.60. The SMILES string of the molecule is CC[C@H]1OC(=O)[C@H](C)[C@H](O[C@@H]2C[C@@](C)(OC)[C@@H](O)[C@H](C)O2)[C@@H](C)[C@H](O[C@@H]2O[C@H](C)C[C@H](N(C)C)[C@H]2O)[C@](C)(O)C[C@@H](C)CN(CCNC(=O)Nc2ccc3c(c2)CCC3)[C@H](C)[C@@H](O)[C@]1(C)O. The molecule has 0 saturated carbocycles. The van der Waals surface area contributed by atoms with Crippen molar-refractivity contribution in [2.24, 2.45) is 17.8 Å². The molecule has 18 atom stereocenters. The van der Waals surface area contributed by atoms with Crippen LogP contribution in [0.2, 0.25) is 0 Å². The fraction of sp³-hybridized carbons (Fsp3) is 0.837. The number of nitrogens with one attached hydrogen (secondary N) is 2. The maximum absolute atomic E-state index is 14.5. The number of carbonyl (C=O) groups excluding carboxylic acids is 2. The van der Waals surface area contributed by atoms with E-state index in [1.807, 2.05) is 49.9 Å². The summed E-state index contributed by atoms with van der Waals surface area (Å²) in [6.45, 7) is 18.2. The van der Waals surface area contributed by atoms with Gasteiger partial charge in [0.05, 0.1) is 41.5 Å². The Morgan fingerprint density at radius 2 is 1.64 bits per heavy atom. The Morgan fingerprint density at radius 1 is 0.955 bits per heavy atom. The fourth-order valence-corrected chi connectivity index (χ4v) is 11.0. The zero-order valence-corrected chi connectivity index (χ0v) is 41.9. The van der Waals surface area contributed by atoms with Gasteiger partial charge in [0.1, 0.15) is 30.0 Å². The van der Waals surface area contributed by atoms with Crippen LogP contribution in [0.15, 0.2) is 18.2 Å². The van der Waals surface area contributed by atoms with E-state index in [4.69, 9.17) is 28.4 Å². The quantitative estimate of drug-likeness (QED) is 0.158. The minimum atomic E-state index is -1.94. The second-order valence-corrected chi connectivity index (χ2v) is 20.9. The van der Waals surface area contributed by atoms with Gasteiger partial charge < -0.3 is 69.5 Å². The number of hydrogen-bond donors (Lipinski definition) is 7. The van der Waals surface area contributed by atoms with E-state index >= 15 is 0 Å². The van der Waals surface area contributed by atoms with Crippen LogP contribution in [-0.2, 0) is 46.1 Å². The highest BCUT2D eigenvalue weighted by Crippen LogP contribution is 2.40. The highest BCUT2D eigenvalue weighted by molar-refractivity contribution is 5.89. The lowest BCUT2D eigenvalue weighted by molar-refractivity contribution is -0.318. The first-order valence-electron chi connectivity index (χ1n) is 24.3. The molecule has 1 aliphatic carbocycles. The molecule has 2 amide bonds. The molecule has 3 fully saturated rings. The Bertz CT molecular complexity index is 1750. The van der Waals surface area contributed by atoms with Crippen LogP contribution in [0.5, 0.6) is 0 Å². The maximum atomic E-state index is 14.5. The molecule has 17 heteroatoms. The Hall–Kier alpha value is -2.52. The van der Waals surface area contributed by atoms with Crippen molar-refractivity contribution in [3.8, 4) is 0 Å². The van der Waals surface area contributed by atoms with Crippen molar-refractivity contribution in [3.63, 3.8) is 0 Å². The van der Waals surface area contributed by atoms with Gasteiger partial charge in [0.2, 0.25) is 0 Å². The number of benzene rings is 1. The van der Waals surface area contributed by atoms with Gasteiger partial charge in [-0.15, -0.1) is 0 Å². The smallest absolute Gasteiger partial charge is 0.319 e. The van der Waals surface area contributed by atoms with E-state index in [1.165, 1.54) is 25.2 Å². The Kier molecular flexibility index (Phi) is 18.5. The molecule has 17 nitrogen and oxygen atoms in total.